The zero-order chi connectivity index (χ0) is 13.3. The van der Waals surface area contributed by atoms with Gasteiger partial charge in [0, 0.05) is 10.6 Å². The van der Waals surface area contributed by atoms with E-state index < -0.39 is 0 Å². The van der Waals surface area contributed by atoms with Crippen LogP contribution in [0.15, 0.2) is 6.07 Å². The third kappa shape index (κ3) is 2.36. The topological polar surface area (TPSA) is 35.2 Å². The first-order valence-electron chi connectivity index (χ1n) is 6.68. The van der Waals surface area contributed by atoms with Crippen molar-refractivity contribution >= 4 is 11.6 Å². The highest BCUT2D eigenvalue weighted by Gasteiger charge is 2.27. The van der Waals surface area contributed by atoms with Crippen molar-refractivity contribution in [3.63, 3.8) is 0 Å². The molecule has 0 amide bonds. The Morgan fingerprint density at radius 3 is 2.89 bits per heavy atom. The minimum Gasteiger partial charge on any atom is -0.493 e. The van der Waals surface area contributed by atoms with Crippen LogP contribution in [0.3, 0.4) is 0 Å². The lowest BCUT2D eigenvalue weighted by atomic mass is 9.81. The molecule has 1 aromatic carbocycles. The second-order valence-corrected chi connectivity index (χ2v) is 5.73. The summed E-state index contributed by atoms with van der Waals surface area (Å²) < 4.78 is 5.89. The van der Waals surface area contributed by atoms with Crippen LogP contribution in [0.5, 0.6) is 5.75 Å². The smallest absolute Gasteiger partial charge is 0.123 e. The monoisotopic (exact) mass is 267 g/mol. The predicted molar refractivity (Wildman–Crippen MR) is 76.6 cm³/mol. The highest BCUT2D eigenvalue weighted by atomic mass is 35.5. The standard InChI is InChI=1S/C15H22ClNO/c1-9-7-13-14(11(3)15(9)16)12(10(2)8-17)5-4-6-18-13/h7,10,12H,4-6,8,17H2,1-3H3. The van der Waals surface area contributed by atoms with Gasteiger partial charge in [0.25, 0.3) is 0 Å². The normalized spacial score (nSPS) is 20.8. The van der Waals surface area contributed by atoms with E-state index in [1.807, 2.05) is 6.92 Å². The number of halogens is 1. The van der Waals surface area contributed by atoms with E-state index in [0.717, 1.165) is 35.8 Å². The third-order valence-electron chi connectivity index (χ3n) is 4.04. The van der Waals surface area contributed by atoms with E-state index in [2.05, 4.69) is 19.9 Å². The average Bonchev–Trinajstić information content (AvgIpc) is 2.57. The van der Waals surface area contributed by atoms with Crippen LogP contribution in [0.1, 0.15) is 42.4 Å². The molecule has 1 aromatic rings. The maximum atomic E-state index is 6.39. The van der Waals surface area contributed by atoms with Crippen LogP contribution in [0.4, 0.5) is 0 Å². The van der Waals surface area contributed by atoms with Gasteiger partial charge in [-0.05, 0) is 62.3 Å². The maximum absolute atomic E-state index is 6.39. The summed E-state index contributed by atoms with van der Waals surface area (Å²) in [6.45, 7) is 7.84. The molecule has 0 aromatic heterocycles. The van der Waals surface area contributed by atoms with Gasteiger partial charge in [0.1, 0.15) is 5.75 Å². The fourth-order valence-electron chi connectivity index (χ4n) is 2.88. The van der Waals surface area contributed by atoms with Crippen molar-refractivity contribution in [2.24, 2.45) is 11.7 Å². The van der Waals surface area contributed by atoms with Gasteiger partial charge >= 0.3 is 0 Å². The molecule has 100 valence electrons. The number of nitrogens with two attached hydrogens (primary N) is 1. The van der Waals surface area contributed by atoms with Gasteiger partial charge in [-0.2, -0.15) is 0 Å². The molecule has 1 aliphatic heterocycles. The van der Waals surface area contributed by atoms with Crippen molar-refractivity contribution in [3.05, 3.63) is 27.8 Å². The summed E-state index contributed by atoms with van der Waals surface area (Å²) in [4.78, 5) is 0. The Bertz CT molecular complexity index is 445. The third-order valence-corrected chi connectivity index (χ3v) is 4.62. The van der Waals surface area contributed by atoms with Crippen LogP contribution in [-0.4, -0.2) is 13.2 Å². The summed E-state index contributed by atoms with van der Waals surface area (Å²) in [5, 5.41) is 0.869. The van der Waals surface area contributed by atoms with E-state index in [1.165, 1.54) is 11.1 Å². The molecule has 2 N–H and O–H groups in total. The SMILES string of the molecule is Cc1cc2c(c(C)c1Cl)C(C(C)CN)CCCO2. The van der Waals surface area contributed by atoms with Crippen LogP contribution in [0.2, 0.25) is 5.02 Å². The highest BCUT2D eigenvalue weighted by molar-refractivity contribution is 6.32. The molecular formula is C15H22ClNO. The van der Waals surface area contributed by atoms with Crippen molar-refractivity contribution < 1.29 is 4.74 Å². The van der Waals surface area contributed by atoms with Gasteiger partial charge in [-0.15, -0.1) is 0 Å². The molecule has 0 aliphatic carbocycles. The molecule has 0 spiro atoms. The molecule has 1 aliphatic rings. The molecule has 18 heavy (non-hydrogen) atoms. The maximum Gasteiger partial charge on any atom is 0.123 e. The van der Waals surface area contributed by atoms with Crippen LogP contribution < -0.4 is 10.5 Å². The largest absolute Gasteiger partial charge is 0.493 e. The first kappa shape index (κ1) is 13.7. The van der Waals surface area contributed by atoms with Crippen LogP contribution in [0, 0.1) is 19.8 Å². The number of ether oxygens (including phenoxy) is 1. The molecular weight excluding hydrogens is 246 g/mol. The van der Waals surface area contributed by atoms with E-state index in [-0.39, 0.29) is 0 Å². The molecule has 2 nitrogen and oxygen atoms in total. The van der Waals surface area contributed by atoms with Crippen molar-refractivity contribution in [1.82, 2.24) is 0 Å². The highest BCUT2D eigenvalue weighted by Crippen LogP contribution is 2.43. The lowest BCUT2D eigenvalue weighted by Gasteiger charge is -2.25. The molecule has 2 rings (SSSR count). The van der Waals surface area contributed by atoms with Gasteiger partial charge in [0.2, 0.25) is 0 Å². The van der Waals surface area contributed by atoms with Gasteiger partial charge in [-0.1, -0.05) is 18.5 Å². The number of hydrogen-bond acceptors (Lipinski definition) is 2. The summed E-state index contributed by atoms with van der Waals surface area (Å²) >= 11 is 6.39. The van der Waals surface area contributed by atoms with E-state index in [4.69, 9.17) is 22.1 Å². The van der Waals surface area contributed by atoms with Gasteiger partial charge in [-0.3, -0.25) is 0 Å². The number of benzene rings is 1. The van der Waals surface area contributed by atoms with Gasteiger partial charge in [-0.25, -0.2) is 0 Å². The van der Waals surface area contributed by atoms with Crippen molar-refractivity contribution in [2.75, 3.05) is 13.2 Å². The number of rotatable bonds is 2. The molecule has 3 heteroatoms. The van der Waals surface area contributed by atoms with Gasteiger partial charge in [0.05, 0.1) is 6.61 Å². The Morgan fingerprint density at radius 1 is 1.50 bits per heavy atom. The van der Waals surface area contributed by atoms with Gasteiger partial charge in [0.15, 0.2) is 0 Å². The first-order chi connectivity index (χ1) is 8.56. The summed E-state index contributed by atoms with van der Waals surface area (Å²) in [5.74, 6) is 1.94. The first-order valence-corrected chi connectivity index (χ1v) is 7.06. The minimum atomic E-state index is 0.461. The summed E-state index contributed by atoms with van der Waals surface area (Å²) in [6.07, 6.45) is 2.21. The van der Waals surface area contributed by atoms with Gasteiger partial charge < -0.3 is 10.5 Å². The van der Waals surface area contributed by atoms with Crippen LogP contribution in [-0.2, 0) is 0 Å². The molecule has 0 radical (unpaired) electrons. The number of aryl methyl sites for hydroxylation is 1. The lowest BCUT2D eigenvalue weighted by Crippen LogP contribution is -2.20. The Kier molecular flexibility index (Phi) is 4.18. The van der Waals surface area contributed by atoms with E-state index >= 15 is 0 Å². The molecule has 0 saturated carbocycles. The Morgan fingerprint density at radius 2 is 2.22 bits per heavy atom. The fraction of sp³-hybridized carbons (Fsp3) is 0.600. The number of hydrogen-bond donors (Lipinski definition) is 1. The zero-order valence-corrected chi connectivity index (χ0v) is 12.2. The summed E-state index contributed by atoms with van der Waals surface area (Å²) in [6, 6.07) is 2.08. The van der Waals surface area contributed by atoms with E-state index in [9.17, 15) is 0 Å². The quantitative estimate of drug-likeness (QED) is 0.884. The van der Waals surface area contributed by atoms with E-state index in [1.54, 1.807) is 0 Å². The second kappa shape index (κ2) is 5.50. The average molecular weight is 268 g/mol. The summed E-state index contributed by atoms with van der Waals surface area (Å²) in [5.41, 5.74) is 9.39. The predicted octanol–water partition coefficient (Wildman–Crippen LogP) is 3.81. The molecule has 0 fully saturated rings. The molecule has 0 saturated heterocycles. The second-order valence-electron chi connectivity index (χ2n) is 5.35. The fourth-order valence-corrected chi connectivity index (χ4v) is 3.04. The molecule has 1 heterocycles. The Labute approximate surface area is 114 Å². The number of fused-ring (bicyclic) bond motifs is 1. The molecule has 0 bridgehead atoms. The molecule has 2 unspecified atom stereocenters. The minimum absolute atomic E-state index is 0.461. The Hall–Kier alpha value is -0.730. The van der Waals surface area contributed by atoms with Crippen molar-refractivity contribution in [1.29, 1.82) is 0 Å². The van der Waals surface area contributed by atoms with Crippen molar-refractivity contribution in [3.8, 4) is 5.75 Å². The van der Waals surface area contributed by atoms with E-state index in [0.29, 0.717) is 18.4 Å². The van der Waals surface area contributed by atoms with Crippen LogP contribution >= 0.6 is 11.6 Å². The Balaban J connectivity index is 2.56. The van der Waals surface area contributed by atoms with Crippen LogP contribution in [0.25, 0.3) is 0 Å². The summed E-state index contributed by atoms with van der Waals surface area (Å²) in [7, 11) is 0. The lowest BCUT2D eigenvalue weighted by molar-refractivity contribution is 0.314. The van der Waals surface area contributed by atoms with Crippen molar-refractivity contribution in [2.45, 2.75) is 39.5 Å². The molecule has 2 atom stereocenters. The zero-order valence-electron chi connectivity index (χ0n) is 11.4.